The number of hydrogen-bond acceptors (Lipinski definition) is 6. The monoisotopic (exact) mass is 320 g/mol. The van der Waals surface area contributed by atoms with Crippen molar-refractivity contribution in [3.05, 3.63) is 0 Å². The summed E-state index contributed by atoms with van der Waals surface area (Å²) < 4.78 is -0.208. The van der Waals surface area contributed by atoms with Crippen LogP contribution in [0.4, 0.5) is 0 Å². The molecule has 0 rings (SSSR count). The Hall–Kier alpha value is -0.0400. The molecule has 6 heteroatoms. The normalized spacial score (nSPS) is 14.9. The minimum Gasteiger partial charge on any atom is -0.307 e. The van der Waals surface area contributed by atoms with Crippen molar-refractivity contribution in [1.29, 1.82) is 0 Å². The van der Waals surface area contributed by atoms with Crippen LogP contribution in [0.2, 0.25) is 0 Å². The van der Waals surface area contributed by atoms with Gasteiger partial charge in [0, 0.05) is 10.5 Å². The molecule has 4 nitrogen and oxygen atoms in total. The summed E-state index contributed by atoms with van der Waals surface area (Å²) in [7, 11) is 3.32. The van der Waals surface area contributed by atoms with Gasteiger partial charge < -0.3 is 10.6 Å². The lowest BCUT2D eigenvalue weighted by molar-refractivity contribution is -0.119. The Labute approximate surface area is 131 Å². The SMILES string of the molecule is CCN[C@@H](CSSC(C)(C)[C@H](NCC)C(C)=O)C(C)=O. The van der Waals surface area contributed by atoms with Gasteiger partial charge in [-0.1, -0.05) is 35.4 Å². The minimum absolute atomic E-state index is 0.108. The lowest BCUT2D eigenvalue weighted by Crippen LogP contribution is -2.49. The summed E-state index contributed by atoms with van der Waals surface area (Å²) >= 11 is 0. The summed E-state index contributed by atoms with van der Waals surface area (Å²) in [5, 5.41) is 6.42. The number of hydrogen-bond donors (Lipinski definition) is 2. The topological polar surface area (TPSA) is 58.2 Å². The van der Waals surface area contributed by atoms with Crippen molar-refractivity contribution in [2.24, 2.45) is 0 Å². The Morgan fingerprint density at radius 2 is 1.60 bits per heavy atom. The summed E-state index contributed by atoms with van der Waals surface area (Å²) in [6, 6.07) is -0.275. The molecule has 0 aromatic carbocycles. The number of nitrogens with one attached hydrogen (secondary N) is 2. The summed E-state index contributed by atoms with van der Waals surface area (Å²) in [5.41, 5.74) is 0. The van der Waals surface area contributed by atoms with Gasteiger partial charge in [0.1, 0.15) is 11.6 Å². The molecule has 0 unspecified atom stereocenters. The highest BCUT2D eigenvalue weighted by molar-refractivity contribution is 8.77. The first-order chi connectivity index (χ1) is 9.26. The lowest BCUT2D eigenvalue weighted by atomic mass is 10.00. The summed E-state index contributed by atoms with van der Waals surface area (Å²) in [6.07, 6.45) is 0. The van der Waals surface area contributed by atoms with E-state index in [0.29, 0.717) is 5.75 Å². The number of carbonyl (C=O) groups excluding carboxylic acids is 2. The van der Waals surface area contributed by atoms with Crippen LogP contribution in [-0.4, -0.2) is 47.2 Å². The number of ketones is 2. The van der Waals surface area contributed by atoms with Crippen molar-refractivity contribution in [2.75, 3.05) is 18.8 Å². The predicted molar refractivity (Wildman–Crippen MR) is 90.4 cm³/mol. The van der Waals surface area contributed by atoms with Crippen LogP contribution in [0.1, 0.15) is 41.5 Å². The van der Waals surface area contributed by atoms with Crippen molar-refractivity contribution >= 4 is 33.2 Å². The summed E-state index contributed by atoms with van der Waals surface area (Å²) in [4.78, 5) is 23.2. The van der Waals surface area contributed by atoms with Crippen molar-refractivity contribution in [3.63, 3.8) is 0 Å². The van der Waals surface area contributed by atoms with E-state index in [4.69, 9.17) is 0 Å². The van der Waals surface area contributed by atoms with E-state index >= 15 is 0 Å². The third kappa shape index (κ3) is 7.11. The molecule has 2 atom stereocenters. The van der Waals surface area contributed by atoms with Gasteiger partial charge in [-0.2, -0.15) is 0 Å². The molecule has 0 fully saturated rings. The van der Waals surface area contributed by atoms with E-state index in [0.717, 1.165) is 13.1 Å². The summed E-state index contributed by atoms with van der Waals surface area (Å²) in [6.45, 7) is 12.9. The Bertz CT molecular complexity index is 322. The zero-order valence-corrected chi connectivity index (χ0v) is 15.0. The van der Waals surface area contributed by atoms with Gasteiger partial charge in [-0.3, -0.25) is 9.59 Å². The van der Waals surface area contributed by atoms with Crippen LogP contribution in [-0.2, 0) is 9.59 Å². The maximum absolute atomic E-state index is 11.7. The van der Waals surface area contributed by atoms with Crippen LogP contribution in [0.25, 0.3) is 0 Å². The zero-order chi connectivity index (χ0) is 15.8. The molecule has 0 spiro atoms. The second-order valence-electron chi connectivity index (χ2n) is 5.29. The van der Waals surface area contributed by atoms with E-state index < -0.39 is 0 Å². The molecule has 0 radical (unpaired) electrons. The molecule has 0 aromatic heterocycles. The van der Waals surface area contributed by atoms with Crippen LogP contribution in [0.3, 0.4) is 0 Å². The Balaban J connectivity index is 4.45. The molecular formula is C14H28N2O2S2. The van der Waals surface area contributed by atoms with Crippen molar-refractivity contribution in [1.82, 2.24) is 10.6 Å². The average molecular weight is 321 g/mol. The molecule has 0 aliphatic rings. The molecule has 0 saturated carbocycles. The molecule has 0 heterocycles. The maximum Gasteiger partial charge on any atom is 0.148 e. The highest BCUT2D eigenvalue weighted by Crippen LogP contribution is 2.38. The van der Waals surface area contributed by atoms with Gasteiger partial charge in [-0.15, -0.1) is 0 Å². The minimum atomic E-state index is -0.208. The summed E-state index contributed by atoms with van der Waals surface area (Å²) in [5.74, 6) is 1.03. The fraction of sp³-hybridized carbons (Fsp3) is 0.857. The van der Waals surface area contributed by atoms with Crippen LogP contribution in [0.5, 0.6) is 0 Å². The van der Waals surface area contributed by atoms with Crippen LogP contribution in [0, 0.1) is 0 Å². The standard InChI is InChI=1S/C14H28N2O2S2/c1-7-15-12(10(3)17)9-19-20-14(5,6)13(11(4)18)16-8-2/h12-13,15-16H,7-9H2,1-6H3/t12-,13+/m0/s1. The second-order valence-corrected chi connectivity index (χ2v) is 8.29. The van der Waals surface area contributed by atoms with E-state index in [1.165, 1.54) is 0 Å². The number of likely N-dealkylation sites (N-methyl/N-ethyl adjacent to an activating group) is 2. The van der Waals surface area contributed by atoms with Gasteiger partial charge in [-0.05, 0) is 40.8 Å². The van der Waals surface area contributed by atoms with Crippen molar-refractivity contribution in [3.8, 4) is 0 Å². The molecule has 0 aliphatic carbocycles. The van der Waals surface area contributed by atoms with Crippen molar-refractivity contribution < 1.29 is 9.59 Å². The van der Waals surface area contributed by atoms with Crippen molar-refractivity contribution in [2.45, 2.75) is 58.4 Å². The number of carbonyl (C=O) groups is 2. The quantitative estimate of drug-likeness (QED) is 0.570. The second kappa shape index (κ2) is 9.82. The third-order valence-corrected chi connectivity index (χ3v) is 6.26. The first-order valence-corrected chi connectivity index (χ1v) is 9.36. The molecule has 20 heavy (non-hydrogen) atoms. The number of rotatable bonds is 11. The van der Waals surface area contributed by atoms with Gasteiger partial charge >= 0.3 is 0 Å². The lowest BCUT2D eigenvalue weighted by Gasteiger charge is -2.32. The van der Waals surface area contributed by atoms with Gasteiger partial charge in [0.25, 0.3) is 0 Å². The van der Waals surface area contributed by atoms with E-state index in [-0.39, 0.29) is 28.4 Å². The van der Waals surface area contributed by atoms with E-state index in [1.807, 2.05) is 13.8 Å². The largest absolute Gasteiger partial charge is 0.307 e. The van der Waals surface area contributed by atoms with E-state index in [1.54, 1.807) is 35.4 Å². The average Bonchev–Trinajstić information content (AvgIpc) is 2.33. The first-order valence-electron chi connectivity index (χ1n) is 7.04. The molecule has 0 aromatic rings. The van der Waals surface area contributed by atoms with Gasteiger partial charge in [0.05, 0.1) is 12.1 Å². The third-order valence-electron chi connectivity index (χ3n) is 2.96. The van der Waals surface area contributed by atoms with Crippen LogP contribution >= 0.6 is 21.6 Å². The fourth-order valence-electron chi connectivity index (χ4n) is 1.95. The Morgan fingerprint density at radius 1 is 1.05 bits per heavy atom. The highest BCUT2D eigenvalue weighted by atomic mass is 33.1. The van der Waals surface area contributed by atoms with E-state index in [2.05, 4.69) is 24.5 Å². The molecule has 0 saturated heterocycles. The molecule has 0 bridgehead atoms. The fourth-order valence-corrected chi connectivity index (χ4v) is 4.97. The molecular weight excluding hydrogens is 292 g/mol. The number of Topliss-reactive ketones (excluding diaryl/α,β-unsaturated/α-hetero) is 2. The van der Waals surface area contributed by atoms with E-state index in [9.17, 15) is 9.59 Å². The predicted octanol–water partition coefficient (Wildman–Crippen LogP) is 2.28. The Morgan fingerprint density at radius 3 is 2.00 bits per heavy atom. The van der Waals surface area contributed by atoms with Gasteiger partial charge in [-0.25, -0.2) is 0 Å². The first kappa shape index (κ1) is 20.0. The highest BCUT2D eigenvalue weighted by Gasteiger charge is 2.33. The van der Waals surface area contributed by atoms with Gasteiger partial charge in [0.2, 0.25) is 0 Å². The molecule has 0 aliphatic heterocycles. The Kier molecular flexibility index (Phi) is 9.80. The molecule has 118 valence electrons. The van der Waals surface area contributed by atoms with Crippen LogP contribution < -0.4 is 10.6 Å². The molecule has 2 N–H and O–H groups in total. The van der Waals surface area contributed by atoms with Gasteiger partial charge in [0.15, 0.2) is 0 Å². The van der Waals surface area contributed by atoms with Crippen LogP contribution in [0.15, 0.2) is 0 Å². The zero-order valence-electron chi connectivity index (χ0n) is 13.4. The maximum atomic E-state index is 11.7. The smallest absolute Gasteiger partial charge is 0.148 e. The molecule has 0 amide bonds.